The highest BCUT2D eigenvalue weighted by Gasteiger charge is 2.01. The summed E-state index contributed by atoms with van der Waals surface area (Å²) >= 11 is 0. The van der Waals surface area contributed by atoms with Gasteiger partial charge in [-0.05, 0) is 12.8 Å². The first-order chi connectivity index (χ1) is 5.81. The van der Waals surface area contributed by atoms with E-state index in [1.165, 1.54) is 7.11 Å². The summed E-state index contributed by atoms with van der Waals surface area (Å²) in [6, 6.07) is 0. The van der Waals surface area contributed by atoms with Crippen LogP contribution in [0.3, 0.4) is 0 Å². The Balaban J connectivity index is 2.90. The molecule has 0 spiro atoms. The maximum atomic E-state index is 8.84. The van der Waals surface area contributed by atoms with E-state index in [1.54, 1.807) is 0 Å². The van der Waals surface area contributed by atoms with Crippen LogP contribution < -0.4 is 0 Å². The Bertz CT molecular complexity index is 91.5. The lowest BCUT2D eigenvalue weighted by Crippen LogP contribution is -1.91. The molecule has 0 saturated heterocycles. The highest BCUT2D eigenvalue weighted by Crippen LogP contribution is 2.31. The molecule has 0 aromatic carbocycles. The van der Waals surface area contributed by atoms with Gasteiger partial charge in [0.25, 0.3) is 0 Å². The molecule has 1 unspecified atom stereocenters. The first-order valence-electron chi connectivity index (χ1n) is 4.08. The minimum absolute atomic E-state index is 0.256. The largest absolute Gasteiger partial charge is 0.396 e. The van der Waals surface area contributed by atoms with Gasteiger partial charge in [0, 0.05) is 13.7 Å². The predicted molar refractivity (Wildman–Crippen MR) is 47.7 cm³/mol. The average molecular weight is 196 g/mol. The highest BCUT2D eigenvalue weighted by atomic mass is 31.2. The van der Waals surface area contributed by atoms with Crippen molar-refractivity contribution in [1.82, 2.24) is 0 Å². The first kappa shape index (κ1) is 12.3. The smallest absolute Gasteiger partial charge is 0.329 e. The van der Waals surface area contributed by atoms with Crippen LogP contribution in [0.4, 0.5) is 0 Å². The molecule has 4 nitrogen and oxygen atoms in total. The topological polar surface area (TPSA) is 58.9 Å². The summed E-state index contributed by atoms with van der Waals surface area (Å²) in [4.78, 5) is 8.84. The van der Waals surface area contributed by atoms with Crippen molar-refractivity contribution in [3.8, 4) is 0 Å². The third-order valence-electron chi connectivity index (χ3n) is 1.41. The summed E-state index contributed by atoms with van der Waals surface area (Å²) < 4.78 is 9.44. The van der Waals surface area contributed by atoms with Gasteiger partial charge in [-0.15, -0.1) is 0 Å². The normalized spacial score (nSPS) is 13.2. The second-order valence-corrected chi connectivity index (χ2v) is 3.49. The van der Waals surface area contributed by atoms with Gasteiger partial charge in [-0.25, -0.2) is 0 Å². The molecule has 2 N–H and O–H groups in total. The SMILES string of the molecule is COP(O)OCCCCCCO. The Morgan fingerprint density at radius 3 is 2.42 bits per heavy atom. The van der Waals surface area contributed by atoms with Crippen molar-refractivity contribution in [2.75, 3.05) is 20.3 Å². The van der Waals surface area contributed by atoms with Crippen molar-refractivity contribution < 1.29 is 19.0 Å². The van der Waals surface area contributed by atoms with E-state index < -0.39 is 8.60 Å². The predicted octanol–water partition coefficient (Wildman–Crippen LogP) is 1.42. The lowest BCUT2D eigenvalue weighted by atomic mass is 10.2. The molecule has 0 aromatic heterocycles. The van der Waals surface area contributed by atoms with Crippen LogP contribution in [0.25, 0.3) is 0 Å². The molecule has 0 aliphatic heterocycles. The standard InChI is InChI=1S/C7H17O4P/c1-10-12(9)11-7-5-3-2-4-6-8/h8-9H,2-7H2,1H3. The summed E-state index contributed by atoms with van der Waals surface area (Å²) in [7, 11) is -0.238. The van der Waals surface area contributed by atoms with Crippen LogP contribution in [0.1, 0.15) is 25.7 Å². The molecule has 0 aromatic rings. The number of aliphatic hydroxyl groups is 1. The molecule has 12 heavy (non-hydrogen) atoms. The lowest BCUT2D eigenvalue weighted by molar-refractivity contribution is 0.222. The molecule has 0 saturated carbocycles. The summed E-state index contributed by atoms with van der Waals surface area (Å²) in [6.45, 7) is 0.785. The molecular weight excluding hydrogens is 179 g/mol. The van der Waals surface area contributed by atoms with E-state index in [9.17, 15) is 0 Å². The van der Waals surface area contributed by atoms with Gasteiger partial charge in [0.05, 0.1) is 6.61 Å². The van der Waals surface area contributed by atoms with Crippen molar-refractivity contribution in [3.63, 3.8) is 0 Å². The van der Waals surface area contributed by atoms with Gasteiger partial charge in [0.15, 0.2) is 0 Å². The number of hydrogen-bond acceptors (Lipinski definition) is 4. The summed E-state index contributed by atoms with van der Waals surface area (Å²) in [5.41, 5.74) is 0. The lowest BCUT2D eigenvalue weighted by Gasteiger charge is -2.06. The van der Waals surface area contributed by atoms with Crippen LogP contribution in [0.15, 0.2) is 0 Å². The van der Waals surface area contributed by atoms with E-state index in [1.807, 2.05) is 0 Å². The molecule has 0 fully saturated rings. The van der Waals surface area contributed by atoms with Crippen LogP contribution in [0.2, 0.25) is 0 Å². The Kier molecular flexibility index (Phi) is 9.57. The van der Waals surface area contributed by atoms with Gasteiger partial charge in [0.2, 0.25) is 0 Å². The maximum Gasteiger partial charge on any atom is 0.329 e. The highest BCUT2D eigenvalue weighted by molar-refractivity contribution is 7.40. The summed E-state index contributed by atoms with van der Waals surface area (Å²) in [5.74, 6) is 0. The number of rotatable bonds is 8. The van der Waals surface area contributed by atoms with Gasteiger partial charge in [-0.3, -0.25) is 0 Å². The van der Waals surface area contributed by atoms with Crippen molar-refractivity contribution in [2.45, 2.75) is 25.7 Å². The van der Waals surface area contributed by atoms with Crippen molar-refractivity contribution in [1.29, 1.82) is 0 Å². The molecular formula is C7H17O4P. The minimum atomic E-state index is -1.65. The third kappa shape index (κ3) is 8.37. The Labute approximate surface area is 74.5 Å². The van der Waals surface area contributed by atoms with E-state index in [4.69, 9.17) is 14.5 Å². The molecule has 0 amide bonds. The van der Waals surface area contributed by atoms with E-state index >= 15 is 0 Å². The van der Waals surface area contributed by atoms with E-state index in [0.717, 1.165) is 25.7 Å². The number of aliphatic hydroxyl groups excluding tert-OH is 1. The summed E-state index contributed by atoms with van der Waals surface area (Å²) in [6.07, 6.45) is 3.78. The molecule has 0 aliphatic rings. The van der Waals surface area contributed by atoms with Crippen LogP contribution >= 0.6 is 8.60 Å². The van der Waals surface area contributed by atoms with Gasteiger partial charge in [0.1, 0.15) is 0 Å². The van der Waals surface area contributed by atoms with E-state index in [-0.39, 0.29) is 6.61 Å². The van der Waals surface area contributed by atoms with E-state index in [0.29, 0.717) is 6.61 Å². The van der Waals surface area contributed by atoms with Gasteiger partial charge < -0.3 is 19.0 Å². The van der Waals surface area contributed by atoms with Crippen LogP contribution in [-0.4, -0.2) is 30.3 Å². The first-order valence-corrected chi connectivity index (χ1v) is 5.21. The fourth-order valence-corrected chi connectivity index (χ4v) is 1.15. The third-order valence-corrected chi connectivity index (χ3v) is 2.13. The molecule has 0 rings (SSSR count). The van der Waals surface area contributed by atoms with Crippen molar-refractivity contribution in [2.24, 2.45) is 0 Å². The van der Waals surface area contributed by atoms with Crippen LogP contribution in [-0.2, 0) is 9.05 Å². The number of unbranched alkanes of at least 4 members (excludes halogenated alkanes) is 3. The maximum absolute atomic E-state index is 8.84. The molecule has 1 atom stereocenters. The molecule has 0 radical (unpaired) electrons. The molecule has 74 valence electrons. The number of hydrogen-bond donors (Lipinski definition) is 2. The van der Waals surface area contributed by atoms with E-state index in [2.05, 4.69) is 4.52 Å². The fraction of sp³-hybridized carbons (Fsp3) is 1.00. The van der Waals surface area contributed by atoms with Gasteiger partial charge in [-0.2, -0.15) is 0 Å². The second kappa shape index (κ2) is 9.36. The zero-order chi connectivity index (χ0) is 9.23. The quantitative estimate of drug-likeness (QED) is 0.455. The van der Waals surface area contributed by atoms with Gasteiger partial charge in [-0.1, -0.05) is 12.8 Å². The Morgan fingerprint density at radius 1 is 1.17 bits per heavy atom. The van der Waals surface area contributed by atoms with Crippen molar-refractivity contribution in [3.05, 3.63) is 0 Å². The zero-order valence-corrected chi connectivity index (χ0v) is 8.30. The average Bonchev–Trinajstić information content (AvgIpc) is 2.10. The Morgan fingerprint density at radius 2 is 1.83 bits per heavy atom. The van der Waals surface area contributed by atoms with Crippen LogP contribution in [0.5, 0.6) is 0 Å². The van der Waals surface area contributed by atoms with Gasteiger partial charge >= 0.3 is 8.60 Å². The molecule has 0 heterocycles. The second-order valence-electron chi connectivity index (χ2n) is 2.39. The van der Waals surface area contributed by atoms with Crippen LogP contribution in [0, 0.1) is 0 Å². The monoisotopic (exact) mass is 196 g/mol. The Hall–Kier alpha value is 0.270. The zero-order valence-electron chi connectivity index (χ0n) is 7.40. The molecule has 5 heteroatoms. The molecule has 0 aliphatic carbocycles. The summed E-state index contributed by atoms with van der Waals surface area (Å²) in [5, 5.41) is 8.46. The fourth-order valence-electron chi connectivity index (χ4n) is 0.763. The molecule has 0 bridgehead atoms. The minimum Gasteiger partial charge on any atom is -0.396 e. The van der Waals surface area contributed by atoms with Crippen molar-refractivity contribution >= 4 is 8.60 Å².